The van der Waals surface area contributed by atoms with Crippen LogP contribution in [0.4, 0.5) is 0 Å². The first-order valence-electron chi connectivity index (χ1n) is 5.72. The standard InChI is InChI=1S/C13H16BrClN2S/c1-13(2,18-3)8-17-11-6-9(14)4-5-10(11)16-12(17)7-15/h4-6H,7-8H2,1-3H3. The number of fused-ring (bicyclic) bond motifs is 1. The maximum Gasteiger partial charge on any atom is 0.124 e. The zero-order valence-corrected chi connectivity index (χ0v) is 13.9. The SMILES string of the molecule is CSC(C)(C)Cn1c(CCl)nc2ccc(Br)cc21. The molecule has 0 spiro atoms. The Kier molecular flexibility index (Phi) is 4.29. The van der Waals surface area contributed by atoms with E-state index < -0.39 is 0 Å². The Hall–Kier alpha value is -0.190. The van der Waals surface area contributed by atoms with Gasteiger partial charge in [-0.05, 0) is 38.3 Å². The second-order valence-electron chi connectivity index (χ2n) is 4.84. The van der Waals surface area contributed by atoms with Crippen LogP contribution in [0.2, 0.25) is 0 Å². The van der Waals surface area contributed by atoms with E-state index in [-0.39, 0.29) is 4.75 Å². The highest BCUT2D eigenvalue weighted by Gasteiger charge is 2.20. The molecule has 5 heteroatoms. The first-order chi connectivity index (χ1) is 8.46. The molecule has 1 aromatic carbocycles. The summed E-state index contributed by atoms with van der Waals surface area (Å²) in [7, 11) is 0. The predicted molar refractivity (Wildman–Crippen MR) is 84.6 cm³/mol. The van der Waals surface area contributed by atoms with Gasteiger partial charge in [-0.2, -0.15) is 11.8 Å². The zero-order chi connectivity index (χ0) is 13.3. The van der Waals surface area contributed by atoms with Gasteiger partial charge in [0.15, 0.2) is 0 Å². The maximum absolute atomic E-state index is 6.01. The molecule has 0 saturated carbocycles. The van der Waals surface area contributed by atoms with Gasteiger partial charge in [-0.3, -0.25) is 0 Å². The number of imidazole rings is 1. The molecule has 1 heterocycles. The lowest BCUT2D eigenvalue weighted by atomic mass is 10.2. The molecule has 2 rings (SSSR count). The third kappa shape index (κ3) is 2.86. The van der Waals surface area contributed by atoms with Gasteiger partial charge in [0.2, 0.25) is 0 Å². The Morgan fingerprint density at radius 3 is 2.78 bits per heavy atom. The van der Waals surface area contributed by atoms with Crippen LogP contribution in [-0.4, -0.2) is 20.6 Å². The second kappa shape index (κ2) is 5.43. The lowest BCUT2D eigenvalue weighted by molar-refractivity contribution is 0.566. The van der Waals surface area contributed by atoms with Crippen molar-refractivity contribution in [2.24, 2.45) is 0 Å². The smallest absolute Gasteiger partial charge is 0.124 e. The van der Waals surface area contributed by atoms with E-state index in [0.29, 0.717) is 5.88 Å². The average Bonchev–Trinajstić information content (AvgIpc) is 2.67. The highest BCUT2D eigenvalue weighted by atomic mass is 79.9. The van der Waals surface area contributed by atoms with Crippen LogP contribution in [0, 0.1) is 0 Å². The van der Waals surface area contributed by atoms with Gasteiger partial charge >= 0.3 is 0 Å². The Morgan fingerprint density at radius 2 is 2.17 bits per heavy atom. The Labute approximate surface area is 125 Å². The van der Waals surface area contributed by atoms with Crippen LogP contribution in [0.1, 0.15) is 19.7 Å². The van der Waals surface area contributed by atoms with E-state index >= 15 is 0 Å². The first-order valence-corrected chi connectivity index (χ1v) is 8.28. The molecular formula is C13H16BrClN2S. The first kappa shape index (κ1) is 14.2. The second-order valence-corrected chi connectivity index (χ2v) is 7.54. The minimum absolute atomic E-state index is 0.163. The van der Waals surface area contributed by atoms with Gasteiger partial charge in [-0.25, -0.2) is 4.98 Å². The predicted octanol–water partition coefficient (Wildman–Crippen LogP) is 4.68. The van der Waals surface area contributed by atoms with Crippen molar-refractivity contribution in [3.8, 4) is 0 Å². The van der Waals surface area contributed by atoms with Crippen molar-refractivity contribution in [2.75, 3.05) is 6.26 Å². The molecule has 0 atom stereocenters. The molecule has 2 aromatic rings. The number of hydrogen-bond acceptors (Lipinski definition) is 2. The summed E-state index contributed by atoms with van der Waals surface area (Å²) < 4.78 is 3.46. The number of nitrogens with zero attached hydrogens (tertiary/aromatic N) is 2. The minimum atomic E-state index is 0.163. The summed E-state index contributed by atoms with van der Waals surface area (Å²) >= 11 is 11.4. The van der Waals surface area contributed by atoms with Crippen LogP contribution in [-0.2, 0) is 12.4 Å². The molecule has 2 nitrogen and oxygen atoms in total. The molecule has 18 heavy (non-hydrogen) atoms. The third-order valence-electron chi connectivity index (χ3n) is 3.00. The van der Waals surface area contributed by atoms with Crippen molar-refractivity contribution in [3.63, 3.8) is 0 Å². The largest absolute Gasteiger partial charge is 0.326 e. The number of rotatable bonds is 4. The molecule has 0 aliphatic rings. The van der Waals surface area contributed by atoms with Crippen LogP contribution < -0.4 is 0 Å². The molecular weight excluding hydrogens is 332 g/mol. The van der Waals surface area contributed by atoms with E-state index in [1.54, 1.807) is 0 Å². The Balaban J connectivity index is 2.55. The van der Waals surface area contributed by atoms with Crippen molar-refractivity contribution >= 4 is 50.3 Å². The average molecular weight is 348 g/mol. The number of halogens is 2. The zero-order valence-electron chi connectivity index (χ0n) is 10.7. The van der Waals surface area contributed by atoms with E-state index in [9.17, 15) is 0 Å². The summed E-state index contributed by atoms with van der Waals surface area (Å²) in [5.41, 5.74) is 2.15. The lowest BCUT2D eigenvalue weighted by Crippen LogP contribution is -2.23. The molecule has 0 N–H and O–H groups in total. The molecule has 1 aromatic heterocycles. The molecule has 0 radical (unpaired) electrons. The summed E-state index contributed by atoms with van der Waals surface area (Å²) in [5, 5.41) is 0. The minimum Gasteiger partial charge on any atom is -0.326 e. The summed E-state index contributed by atoms with van der Waals surface area (Å²) in [6, 6.07) is 6.14. The quantitative estimate of drug-likeness (QED) is 0.747. The molecule has 98 valence electrons. The molecule has 0 aliphatic carbocycles. The molecule has 0 amide bonds. The fourth-order valence-corrected chi connectivity index (χ4v) is 2.68. The molecule has 0 bridgehead atoms. The number of hydrogen-bond donors (Lipinski definition) is 0. The van der Waals surface area contributed by atoms with E-state index in [0.717, 1.165) is 27.9 Å². The van der Waals surface area contributed by atoms with Crippen LogP contribution in [0.15, 0.2) is 22.7 Å². The summed E-state index contributed by atoms with van der Waals surface area (Å²) in [6.07, 6.45) is 2.13. The van der Waals surface area contributed by atoms with Crippen molar-refractivity contribution in [1.82, 2.24) is 9.55 Å². The van der Waals surface area contributed by atoms with E-state index in [1.807, 2.05) is 23.9 Å². The van der Waals surface area contributed by atoms with Gasteiger partial charge in [0.25, 0.3) is 0 Å². The fraction of sp³-hybridized carbons (Fsp3) is 0.462. The Bertz CT molecular complexity index is 565. The van der Waals surface area contributed by atoms with Crippen molar-refractivity contribution in [2.45, 2.75) is 31.0 Å². The van der Waals surface area contributed by atoms with Gasteiger partial charge in [-0.1, -0.05) is 15.9 Å². The van der Waals surface area contributed by atoms with Crippen LogP contribution in [0.3, 0.4) is 0 Å². The third-order valence-corrected chi connectivity index (χ3v) is 4.97. The van der Waals surface area contributed by atoms with Gasteiger partial charge in [0.05, 0.1) is 16.9 Å². The van der Waals surface area contributed by atoms with Gasteiger partial charge < -0.3 is 4.57 Å². The van der Waals surface area contributed by atoms with Gasteiger partial charge in [0.1, 0.15) is 5.82 Å². The van der Waals surface area contributed by atoms with Crippen LogP contribution in [0.25, 0.3) is 11.0 Å². The lowest BCUT2D eigenvalue weighted by Gasteiger charge is -2.24. The van der Waals surface area contributed by atoms with E-state index in [1.165, 1.54) is 0 Å². The highest BCUT2D eigenvalue weighted by Crippen LogP contribution is 2.28. The molecule has 0 unspecified atom stereocenters. The number of aromatic nitrogens is 2. The van der Waals surface area contributed by atoms with Crippen molar-refractivity contribution in [1.29, 1.82) is 0 Å². The van der Waals surface area contributed by atoms with E-state index in [2.05, 4.69) is 51.7 Å². The van der Waals surface area contributed by atoms with Crippen LogP contribution in [0.5, 0.6) is 0 Å². The number of alkyl halides is 1. The number of benzene rings is 1. The molecule has 0 aliphatic heterocycles. The Morgan fingerprint density at radius 1 is 1.44 bits per heavy atom. The summed E-state index contributed by atoms with van der Waals surface area (Å²) in [4.78, 5) is 4.59. The topological polar surface area (TPSA) is 17.8 Å². The van der Waals surface area contributed by atoms with Crippen LogP contribution >= 0.6 is 39.3 Å². The molecule has 0 fully saturated rings. The normalized spacial score (nSPS) is 12.3. The highest BCUT2D eigenvalue weighted by molar-refractivity contribution is 9.10. The van der Waals surface area contributed by atoms with Gasteiger partial charge in [0, 0.05) is 15.8 Å². The fourth-order valence-electron chi connectivity index (χ4n) is 1.87. The maximum atomic E-state index is 6.01. The monoisotopic (exact) mass is 346 g/mol. The number of thioether (sulfide) groups is 1. The van der Waals surface area contributed by atoms with Crippen molar-refractivity contribution in [3.05, 3.63) is 28.5 Å². The summed E-state index contributed by atoms with van der Waals surface area (Å²) in [6.45, 7) is 5.38. The summed E-state index contributed by atoms with van der Waals surface area (Å²) in [5.74, 6) is 1.38. The van der Waals surface area contributed by atoms with E-state index in [4.69, 9.17) is 11.6 Å². The molecule has 0 saturated heterocycles. The van der Waals surface area contributed by atoms with Gasteiger partial charge in [-0.15, -0.1) is 11.6 Å². The van der Waals surface area contributed by atoms with Crippen molar-refractivity contribution < 1.29 is 0 Å².